The lowest BCUT2D eigenvalue weighted by Crippen LogP contribution is -2.39. The van der Waals surface area contributed by atoms with Gasteiger partial charge in [0.2, 0.25) is 0 Å². The number of rotatable bonds is 6. The molecule has 1 aromatic carbocycles. The molecule has 1 aliphatic rings. The van der Waals surface area contributed by atoms with Crippen molar-refractivity contribution in [2.45, 2.75) is 52.5 Å². The fraction of sp³-hybridized carbons (Fsp3) is 0.650. The molecule has 0 aromatic heterocycles. The van der Waals surface area contributed by atoms with Crippen molar-refractivity contribution in [3.8, 4) is 5.75 Å². The van der Waals surface area contributed by atoms with Gasteiger partial charge in [-0.15, -0.1) is 0 Å². The quantitative estimate of drug-likeness (QED) is 0.683. The van der Waals surface area contributed by atoms with Gasteiger partial charge in [-0.2, -0.15) is 0 Å². The number of nitrogens with one attached hydrogen (secondary N) is 1. The number of amides is 1. The molecule has 0 radical (unpaired) electrons. The zero-order chi connectivity index (χ0) is 18.4. The van der Waals surface area contributed by atoms with Crippen molar-refractivity contribution < 1.29 is 14.3 Å². The minimum Gasteiger partial charge on any atom is -0.490 e. The summed E-state index contributed by atoms with van der Waals surface area (Å²) in [5.41, 5.74) is 0.921. The first-order valence-electron chi connectivity index (χ1n) is 9.03. The highest BCUT2D eigenvalue weighted by Gasteiger charge is 2.30. The third kappa shape index (κ3) is 6.00. The summed E-state index contributed by atoms with van der Waals surface area (Å²) in [6.07, 6.45) is 4.43. The third-order valence-corrected chi connectivity index (χ3v) is 5.51. The molecule has 5 heteroatoms. The van der Waals surface area contributed by atoms with Gasteiger partial charge in [0.05, 0.1) is 12.2 Å². The van der Waals surface area contributed by atoms with Crippen molar-refractivity contribution in [1.29, 1.82) is 0 Å². The first-order chi connectivity index (χ1) is 11.8. The normalized spacial score (nSPS) is 21.0. The number of hydrogen-bond donors (Lipinski definition) is 1. The molecule has 0 spiro atoms. The number of halogens is 1. The van der Waals surface area contributed by atoms with Gasteiger partial charge in [0.25, 0.3) is 5.91 Å². The Hall–Kier alpha value is -1.07. The minimum atomic E-state index is -0.0621. The number of carbonyl (C=O) groups excluding carboxylic acids is 1. The lowest BCUT2D eigenvalue weighted by molar-refractivity contribution is 0.0896. The van der Waals surface area contributed by atoms with E-state index >= 15 is 0 Å². The molecule has 2 rings (SSSR count). The molecule has 1 aliphatic carbocycles. The van der Waals surface area contributed by atoms with Crippen LogP contribution in [0.4, 0.5) is 0 Å². The Morgan fingerprint density at radius 1 is 1.20 bits per heavy atom. The van der Waals surface area contributed by atoms with E-state index in [0.29, 0.717) is 29.9 Å². The lowest BCUT2D eigenvalue weighted by Gasteiger charge is -2.37. The van der Waals surface area contributed by atoms with Crippen molar-refractivity contribution in [3.63, 3.8) is 0 Å². The van der Waals surface area contributed by atoms with Crippen LogP contribution in [0.15, 0.2) is 22.7 Å². The number of methoxy groups -OCH3 is 1. The highest BCUT2D eigenvalue weighted by Crippen LogP contribution is 2.37. The lowest BCUT2D eigenvalue weighted by atomic mass is 9.71. The monoisotopic (exact) mass is 411 g/mol. The highest BCUT2D eigenvalue weighted by molar-refractivity contribution is 9.10. The molecule has 25 heavy (non-hydrogen) atoms. The summed E-state index contributed by atoms with van der Waals surface area (Å²) in [7, 11) is 1.63. The van der Waals surface area contributed by atoms with Gasteiger partial charge in [-0.3, -0.25) is 4.79 Å². The van der Waals surface area contributed by atoms with Crippen LogP contribution in [-0.4, -0.2) is 32.3 Å². The zero-order valence-corrected chi connectivity index (χ0v) is 17.3. The number of hydrogen-bond acceptors (Lipinski definition) is 3. The summed E-state index contributed by atoms with van der Waals surface area (Å²) < 4.78 is 11.6. The summed E-state index contributed by atoms with van der Waals surface area (Å²) in [4.78, 5) is 12.8. The molecular weight excluding hydrogens is 382 g/mol. The first kappa shape index (κ1) is 20.2. The third-order valence-electron chi connectivity index (χ3n) is 5.02. The van der Waals surface area contributed by atoms with Crippen molar-refractivity contribution in [2.75, 3.05) is 20.3 Å². The van der Waals surface area contributed by atoms with E-state index in [9.17, 15) is 4.79 Å². The maximum absolute atomic E-state index is 12.8. The maximum Gasteiger partial charge on any atom is 0.255 e. The van der Waals surface area contributed by atoms with Crippen LogP contribution >= 0.6 is 15.9 Å². The van der Waals surface area contributed by atoms with Crippen molar-refractivity contribution in [3.05, 3.63) is 28.2 Å². The molecule has 140 valence electrons. The van der Waals surface area contributed by atoms with Crippen LogP contribution in [0.5, 0.6) is 5.75 Å². The van der Waals surface area contributed by atoms with Crippen LogP contribution < -0.4 is 10.1 Å². The fourth-order valence-corrected chi connectivity index (χ4v) is 3.77. The average Bonchev–Trinajstić information content (AvgIpc) is 2.56. The Morgan fingerprint density at radius 2 is 1.88 bits per heavy atom. The summed E-state index contributed by atoms with van der Waals surface area (Å²) in [5, 5.41) is 3.19. The average molecular weight is 412 g/mol. The van der Waals surface area contributed by atoms with E-state index < -0.39 is 0 Å². The van der Waals surface area contributed by atoms with Crippen molar-refractivity contribution in [2.24, 2.45) is 11.3 Å². The predicted octanol–water partition coefficient (Wildman–Crippen LogP) is 4.81. The second kappa shape index (κ2) is 9.04. The SMILES string of the molecule is COCCOc1ccc(Br)cc1C(=O)NC1CCC(C(C)(C)C)CC1. The van der Waals surface area contributed by atoms with Crippen LogP contribution in [0.1, 0.15) is 56.8 Å². The van der Waals surface area contributed by atoms with E-state index in [4.69, 9.17) is 9.47 Å². The number of carbonyl (C=O) groups is 1. The standard InChI is InChI=1S/C20H30BrNO3/c1-20(2,3)14-5-8-16(9-6-14)22-19(23)17-13-15(21)7-10-18(17)25-12-11-24-4/h7,10,13-14,16H,5-6,8-9,11-12H2,1-4H3,(H,22,23). The van der Waals surface area contributed by atoms with Gasteiger partial charge in [0.15, 0.2) is 0 Å². The summed E-state index contributed by atoms with van der Waals surface area (Å²) in [6.45, 7) is 7.84. The topological polar surface area (TPSA) is 47.6 Å². The molecule has 0 saturated heterocycles. The smallest absolute Gasteiger partial charge is 0.255 e. The number of ether oxygens (including phenoxy) is 2. The molecular formula is C20H30BrNO3. The minimum absolute atomic E-state index is 0.0621. The molecule has 0 heterocycles. The summed E-state index contributed by atoms with van der Waals surface area (Å²) >= 11 is 3.44. The molecule has 0 aliphatic heterocycles. The molecule has 0 unspecified atom stereocenters. The van der Waals surface area contributed by atoms with E-state index in [0.717, 1.165) is 23.2 Å². The van der Waals surface area contributed by atoms with E-state index in [2.05, 4.69) is 42.0 Å². The van der Waals surface area contributed by atoms with Gasteiger partial charge in [0, 0.05) is 17.6 Å². The number of benzene rings is 1. The van der Waals surface area contributed by atoms with E-state index in [1.165, 1.54) is 12.8 Å². The molecule has 1 aromatic rings. The van der Waals surface area contributed by atoms with E-state index in [1.54, 1.807) is 7.11 Å². The molecule has 4 nitrogen and oxygen atoms in total. The van der Waals surface area contributed by atoms with Crippen LogP contribution in [0, 0.1) is 11.3 Å². The fourth-order valence-electron chi connectivity index (χ4n) is 3.41. The molecule has 1 amide bonds. The molecule has 0 bridgehead atoms. The Labute approximate surface area is 159 Å². The Bertz CT molecular complexity index is 575. The Balaban J connectivity index is 1.98. The van der Waals surface area contributed by atoms with Crippen molar-refractivity contribution in [1.82, 2.24) is 5.32 Å². The summed E-state index contributed by atoms with van der Waals surface area (Å²) in [5.74, 6) is 1.27. The predicted molar refractivity (Wildman–Crippen MR) is 104 cm³/mol. The molecule has 1 fully saturated rings. The van der Waals surface area contributed by atoms with Gasteiger partial charge < -0.3 is 14.8 Å². The second-order valence-corrected chi connectivity index (χ2v) is 8.79. The first-order valence-corrected chi connectivity index (χ1v) is 9.82. The van der Waals surface area contributed by atoms with Crippen LogP contribution in [0.2, 0.25) is 0 Å². The maximum atomic E-state index is 12.8. The van der Waals surface area contributed by atoms with Gasteiger partial charge in [-0.05, 0) is 55.2 Å². The van der Waals surface area contributed by atoms with Crippen LogP contribution in [0.3, 0.4) is 0 Å². The summed E-state index contributed by atoms with van der Waals surface area (Å²) in [6, 6.07) is 5.77. The zero-order valence-electron chi connectivity index (χ0n) is 15.7. The highest BCUT2D eigenvalue weighted by atomic mass is 79.9. The van der Waals surface area contributed by atoms with Gasteiger partial charge in [0.1, 0.15) is 12.4 Å². The van der Waals surface area contributed by atoms with Gasteiger partial charge in [-0.25, -0.2) is 0 Å². The molecule has 0 atom stereocenters. The van der Waals surface area contributed by atoms with Crippen LogP contribution in [0.25, 0.3) is 0 Å². The van der Waals surface area contributed by atoms with Crippen LogP contribution in [-0.2, 0) is 4.74 Å². The Morgan fingerprint density at radius 3 is 2.48 bits per heavy atom. The van der Waals surface area contributed by atoms with Gasteiger partial charge in [-0.1, -0.05) is 36.7 Å². The molecule has 1 N–H and O–H groups in total. The largest absolute Gasteiger partial charge is 0.490 e. The second-order valence-electron chi connectivity index (χ2n) is 7.87. The van der Waals surface area contributed by atoms with Gasteiger partial charge >= 0.3 is 0 Å². The Kier molecular flexibility index (Phi) is 7.32. The molecule has 1 saturated carbocycles. The van der Waals surface area contributed by atoms with E-state index in [-0.39, 0.29) is 11.9 Å². The van der Waals surface area contributed by atoms with E-state index in [1.807, 2.05) is 18.2 Å². The van der Waals surface area contributed by atoms with Crippen molar-refractivity contribution >= 4 is 21.8 Å².